The maximum absolute atomic E-state index is 13.1. The standard InChI is InChI=1S/C21H22INO/c1-2-3-4-9-14-23-15-18(16-10-6-8-13-20(16)23)21(24)17-11-5-7-12-19(17)22/h5-8,10-13,15H,2-4,9,14H2,1H3. The van der Waals surface area contributed by atoms with Crippen LogP contribution in [0.2, 0.25) is 0 Å². The van der Waals surface area contributed by atoms with Crippen LogP contribution in [0.4, 0.5) is 0 Å². The molecule has 124 valence electrons. The number of hydrogen-bond acceptors (Lipinski definition) is 1. The molecule has 0 unspecified atom stereocenters. The lowest BCUT2D eigenvalue weighted by Gasteiger charge is -2.04. The molecular formula is C21H22INO. The Labute approximate surface area is 157 Å². The molecule has 0 aliphatic carbocycles. The highest BCUT2D eigenvalue weighted by Crippen LogP contribution is 2.26. The maximum atomic E-state index is 13.1. The first kappa shape index (κ1) is 17.2. The number of hydrogen-bond donors (Lipinski definition) is 0. The van der Waals surface area contributed by atoms with E-state index in [0.717, 1.165) is 38.6 Å². The molecule has 0 amide bonds. The molecule has 0 saturated carbocycles. The SMILES string of the molecule is CCCCCCn1cc(C(=O)c2ccccc2I)c2ccccc21. The lowest BCUT2D eigenvalue weighted by molar-refractivity contribution is 0.103. The van der Waals surface area contributed by atoms with Gasteiger partial charge in [-0.05, 0) is 47.2 Å². The number of benzene rings is 2. The third-order valence-corrected chi connectivity index (χ3v) is 5.34. The van der Waals surface area contributed by atoms with Crippen LogP contribution in [-0.4, -0.2) is 10.4 Å². The molecule has 2 nitrogen and oxygen atoms in total. The molecule has 0 aliphatic heterocycles. The summed E-state index contributed by atoms with van der Waals surface area (Å²) in [5.41, 5.74) is 2.75. The molecule has 3 rings (SSSR count). The second-order valence-electron chi connectivity index (χ2n) is 6.12. The molecule has 0 fully saturated rings. The van der Waals surface area contributed by atoms with Crippen molar-refractivity contribution in [3.05, 3.63) is 69.4 Å². The Morgan fingerprint density at radius 2 is 1.71 bits per heavy atom. The lowest BCUT2D eigenvalue weighted by atomic mass is 10.0. The number of halogens is 1. The van der Waals surface area contributed by atoms with E-state index in [1.807, 2.05) is 42.6 Å². The number of fused-ring (bicyclic) bond motifs is 1. The molecule has 0 spiro atoms. The van der Waals surface area contributed by atoms with Gasteiger partial charge in [0, 0.05) is 38.3 Å². The van der Waals surface area contributed by atoms with Gasteiger partial charge in [-0.25, -0.2) is 0 Å². The second-order valence-corrected chi connectivity index (χ2v) is 7.29. The van der Waals surface area contributed by atoms with Crippen LogP contribution in [-0.2, 0) is 6.54 Å². The van der Waals surface area contributed by atoms with Crippen molar-refractivity contribution in [2.75, 3.05) is 0 Å². The summed E-state index contributed by atoms with van der Waals surface area (Å²) in [5, 5.41) is 1.05. The first-order chi connectivity index (χ1) is 11.7. The van der Waals surface area contributed by atoms with E-state index in [1.165, 1.54) is 19.3 Å². The smallest absolute Gasteiger partial charge is 0.196 e. The van der Waals surface area contributed by atoms with Gasteiger partial charge >= 0.3 is 0 Å². The lowest BCUT2D eigenvalue weighted by Crippen LogP contribution is -2.03. The summed E-state index contributed by atoms with van der Waals surface area (Å²) >= 11 is 2.24. The second kappa shape index (κ2) is 7.97. The van der Waals surface area contributed by atoms with Gasteiger partial charge < -0.3 is 4.57 Å². The van der Waals surface area contributed by atoms with Crippen molar-refractivity contribution in [3.8, 4) is 0 Å². The van der Waals surface area contributed by atoms with Gasteiger partial charge in [-0.15, -0.1) is 0 Å². The summed E-state index contributed by atoms with van der Waals surface area (Å²) < 4.78 is 3.24. The molecule has 3 heteroatoms. The third-order valence-electron chi connectivity index (χ3n) is 4.40. The summed E-state index contributed by atoms with van der Waals surface area (Å²) in [5.74, 6) is 0.114. The minimum Gasteiger partial charge on any atom is -0.347 e. The summed E-state index contributed by atoms with van der Waals surface area (Å²) in [6.45, 7) is 3.20. The minimum absolute atomic E-state index is 0.114. The molecule has 0 atom stereocenters. The van der Waals surface area contributed by atoms with Crippen LogP contribution in [0.25, 0.3) is 10.9 Å². The molecule has 3 aromatic rings. The van der Waals surface area contributed by atoms with Gasteiger partial charge in [-0.3, -0.25) is 4.79 Å². The summed E-state index contributed by atoms with van der Waals surface area (Å²) in [6, 6.07) is 16.0. The van der Waals surface area contributed by atoms with Crippen molar-refractivity contribution >= 4 is 39.3 Å². The first-order valence-electron chi connectivity index (χ1n) is 8.59. The highest BCUT2D eigenvalue weighted by Gasteiger charge is 2.18. The Morgan fingerprint density at radius 3 is 2.50 bits per heavy atom. The zero-order chi connectivity index (χ0) is 16.9. The fraction of sp³-hybridized carbons (Fsp3) is 0.286. The highest BCUT2D eigenvalue weighted by atomic mass is 127. The summed E-state index contributed by atoms with van der Waals surface area (Å²) in [4.78, 5) is 13.1. The third kappa shape index (κ3) is 3.56. The molecule has 0 aliphatic rings. The van der Waals surface area contributed by atoms with Gasteiger partial charge in [-0.2, -0.15) is 0 Å². The van der Waals surface area contributed by atoms with Crippen LogP contribution >= 0.6 is 22.6 Å². The van der Waals surface area contributed by atoms with Gasteiger partial charge in [0.2, 0.25) is 0 Å². The molecule has 24 heavy (non-hydrogen) atoms. The summed E-state index contributed by atoms with van der Waals surface area (Å²) in [7, 11) is 0. The molecule has 2 aromatic carbocycles. The van der Waals surface area contributed by atoms with E-state index >= 15 is 0 Å². The van der Waals surface area contributed by atoms with E-state index in [1.54, 1.807) is 0 Å². The average molecular weight is 431 g/mol. The van der Waals surface area contributed by atoms with Crippen LogP contribution in [0.1, 0.15) is 48.5 Å². The van der Waals surface area contributed by atoms with Crippen LogP contribution in [0.3, 0.4) is 0 Å². The number of ketones is 1. The van der Waals surface area contributed by atoms with E-state index in [4.69, 9.17) is 0 Å². The molecule has 1 aromatic heterocycles. The Kier molecular flexibility index (Phi) is 5.72. The predicted molar refractivity (Wildman–Crippen MR) is 109 cm³/mol. The predicted octanol–water partition coefficient (Wildman–Crippen LogP) is 6.06. The topological polar surface area (TPSA) is 22.0 Å². The Balaban J connectivity index is 1.96. The quantitative estimate of drug-likeness (QED) is 0.253. The van der Waals surface area contributed by atoms with Crippen molar-refractivity contribution in [3.63, 3.8) is 0 Å². The van der Waals surface area contributed by atoms with E-state index in [9.17, 15) is 4.79 Å². The fourth-order valence-electron chi connectivity index (χ4n) is 3.11. The highest BCUT2D eigenvalue weighted by molar-refractivity contribution is 14.1. The van der Waals surface area contributed by atoms with E-state index in [2.05, 4.69) is 46.2 Å². The maximum Gasteiger partial charge on any atom is 0.196 e. The van der Waals surface area contributed by atoms with Crippen molar-refractivity contribution in [2.24, 2.45) is 0 Å². The molecule has 0 N–H and O–H groups in total. The first-order valence-corrected chi connectivity index (χ1v) is 9.67. The Bertz CT molecular complexity index is 850. The van der Waals surface area contributed by atoms with Crippen LogP contribution < -0.4 is 0 Å². The van der Waals surface area contributed by atoms with Gasteiger partial charge in [0.1, 0.15) is 0 Å². The van der Waals surface area contributed by atoms with E-state index in [-0.39, 0.29) is 5.78 Å². The minimum atomic E-state index is 0.114. The number of aryl methyl sites for hydroxylation is 1. The van der Waals surface area contributed by atoms with Crippen LogP contribution in [0.5, 0.6) is 0 Å². The zero-order valence-electron chi connectivity index (χ0n) is 14.0. The number of para-hydroxylation sites is 1. The van der Waals surface area contributed by atoms with Crippen molar-refractivity contribution in [1.82, 2.24) is 4.57 Å². The molecule has 0 saturated heterocycles. The van der Waals surface area contributed by atoms with Gasteiger partial charge in [0.15, 0.2) is 5.78 Å². The fourth-order valence-corrected chi connectivity index (χ4v) is 3.74. The van der Waals surface area contributed by atoms with E-state index < -0.39 is 0 Å². The monoisotopic (exact) mass is 431 g/mol. The number of rotatable bonds is 7. The molecule has 0 radical (unpaired) electrons. The van der Waals surface area contributed by atoms with Gasteiger partial charge in [-0.1, -0.05) is 56.5 Å². The normalized spacial score (nSPS) is 11.1. The number of carbonyl (C=O) groups excluding carboxylic acids is 1. The molecule has 1 heterocycles. The van der Waals surface area contributed by atoms with Crippen molar-refractivity contribution < 1.29 is 4.79 Å². The number of aromatic nitrogens is 1. The van der Waals surface area contributed by atoms with Gasteiger partial charge in [0.05, 0.1) is 0 Å². The number of unbranched alkanes of at least 4 members (excludes halogenated alkanes) is 3. The number of nitrogens with zero attached hydrogens (tertiary/aromatic N) is 1. The van der Waals surface area contributed by atoms with Crippen molar-refractivity contribution in [1.29, 1.82) is 0 Å². The number of carbonyl (C=O) groups is 1. The molecule has 0 bridgehead atoms. The van der Waals surface area contributed by atoms with Gasteiger partial charge in [0.25, 0.3) is 0 Å². The zero-order valence-corrected chi connectivity index (χ0v) is 16.1. The Morgan fingerprint density at radius 1 is 0.958 bits per heavy atom. The molecular weight excluding hydrogens is 409 g/mol. The van der Waals surface area contributed by atoms with E-state index in [0.29, 0.717) is 0 Å². The van der Waals surface area contributed by atoms with Crippen LogP contribution in [0.15, 0.2) is 54.7 Å². The van der Waals surface area contributed by atoms with Crippen LogP contribution in [0, 0.1) is 3.57 Å². The van der Waals surface area contributed by atoms with Crippen molar-refractivity contribution in [2.45, 2.75) is 39.2 Å². The largest absolute Gasteiger partial charge is 0.347 e. The Hall–Kier alpha value is -1.62. The average Bonchev–Trinajstić information content (AvgIpc) is 2.98. The summed E-state index contributed by atoms with van der Waals surface area (Å²) in [6.07, 6.45) is 6.95.